The Labute approximate surface area is 100 Å². The molecule has 92 valence electrons. The summed E-state index contributed by atoms with van der Waals surface area (Å²) in [6, 6.07) is 0. The number of hydrogen-bond donors (Lipinski definition) is 1. The zero-order chi connectivity index (χ0) is 12.7. The first-order valence-electron chi connectivity index (χ1n) is 5.60. The highest BCUT2D eigenvalue weighted by molar-refractivity contribution is 6.13. The third-order valence-electron chi connectivity index (χ3n) is 2.28. The molecule has 0 aromatic heterocycles. The summed E-state index contributed by atoms with van der Waals surface area (Å²) in [6.45, 7) is 2.62. The van der Waals surface area contributed by atoms with E-state index in [0.29, 0.717) is 6.54 Å². The van der Waals surface area contributed by atoms with Gasteiger partial charge in [0.15, 0.2) is 0 Å². The Hall–Kier alpha value is -1.91. The van der Waals surface area contributed by atoms with Crippen molar-refractivity contribution in [2.75, 3.05) is 13.1 Å². The van der Waals surface area contributed by atoms with E-state index in [4.69, 9.17) is 0 Å². The molecule has 1 N–H and O–H groups in total. The SMILES string of the molecule is CC/C=C/CNC(=O)CCN1C(=O)C=CC1=O. The van der Waals surface area contributed by atoms with Crippen molar-refractivity contribution in [2.24, 2.45) is 0 Å². The van der Waals surface area contributed by atoms with Gasteiger partial charge < -0.3 is 5.32 Å². The molecule has 5 nitrogen and oxygen atoms in total. The topological polar surface area (TPSA) is 66.5 Å². The minimum absolute atomic E-state index is 0.133. The molecule has 0 aromatic rings. The molecule has 1 aliphatic heterocycles. The van der Waals surface area contributed by atoms with Crippen LogP contribution in [0, 0.1) is 0 Å². The van der Waals surface area contributed by atoms with Crippen LogP contribution in [0.3, 0.4) is 0 Å². The van der Waals surface area contributed by atoms with E-state index in [1.807, 2.05) is 19.1 Å². The van der Waals surface area contributed by atoms with Gasteiger partial charge in [-0.3, -0.25) is 19.3 Å². The second-order valence-electron chi connectivity index (χ2n) is 3.60. The number of hydrogen-bond acceptors (Lipinski definition) is 3. The zero-order valence-electron chi connectivity index (χ0n) is 9.81. The van der Waals surface area contributed by atoms with Crippen LogP contribution in [0.5, 0.6) is 0 Å². The third kappa shape index (κ3) is 4.22. The van der Waals surface area contributed by atoms with E-state index >= 15 is 0 Å². The van der Waals surface area contributed by atoms with Crippen LogP contribution in [0.25, 0.3) is 0 Å². The summed E-state index contributed by atoms with van der Waals surface area (Å²) in [5, 5.41) is 2.68. The van der Waals surface area contributed by atoms with Gasteiger partial charge in [-0.25, -0.2) is 0 Å². The molecule has 0 atom stereocenters. The molecule has 0 saturated heterocycles. The second-order valence-corrected chi connectivity index (χ2v) is 3.60. The lowest BCUT2D eigenvalue weighted by Gasteiger charge is -2.12. The number of carbonyl (C=O) groups is 3. The molecule has 0 aromatic carbocycles. The van der Waals surface area contributed by atoms with Gasteiger partial charge in [0.1, 0.15) is 0 Å². The summed E-state index contributed by atoms with van der Waals surface area (Å²) >= 11 is 0. The van der Waals surface area contributed by atoms with Gasteiger partial charge in [0.25, 0.3) is 11.8 Å². The lowest BCUT2D eigenvalue weighted by molar-refractivity contribution is -0.137. The van der Waals surface area contributed by atoms with Gasteiger partial charge in [-0.1, -0.05) is 19.1 Å². The molecule has 1 heterocycles. The van der Waals surface area contributed by atoms with E-state index < -0.39 is 0 Å². The van der Waals surface area contributed by atoms with Crippen LogP contribution in [-0.2, 0) is 14.4 Å². The van der Waals surface area contributed by atoms with Crippen molar-refractivity contribution in [3.05, 3.63) is 24.3 Å². The summed E-state index contributed by atoms with van der Waals surface area (Å²) in [6.07, 6.45) is 7.31. The van der Waals surface area contributed by atoms with Crippen molar-refractivity contribution in [3.63, 3.8) is 0 Å². The molecule has 0 saturated carbocycles. The number of nitrogens with zero attached hydrogens (tertiary/aromatic N) is 1. The van der Waals surface area contributed by atoms with Crippen molar-refractivity contribution in [3.8, 4) is 0 Å². The standard InChI is InChI=1S/C12H16N2O3/c1-2-3-4-8-13-10(15)7-9-14-11(16)5-6-12(14)17/h3-6H,2,7-9H2,1H3,(H,13,15)/b4-3+. The fourth-order valence-electron chi connectivity index (χ4n) is 1.38. The van der Waals surface area contributed by atoms with E-state index in [1.54, 1.807) is 0 Å². The van der Waals surface area contributed by atoms with Crippen molar-refractivity contribution >= 4 is 17.7 Å². The van der Waals surface area contributed by atoms with Crippen LogP contribution in [0.15, 0.2) is 24.3 Å². The van der Waals surface area contributed by atoms with Crippen LogP contribution in [0.4, 0.5) is 0 Å². The quantitative estimate of drug-likeness (QED) is 0.535. The molecule has 17 heavy (non-hydrogen) atoms. The molecule has 0 spiro atoms. The first-order chi connectivity index (χ1) is 8.15. The highest BCUT2D eigenvalue weighted by Gasteiger charge is 2.23. The number of nitrogens with one attached hydrogen (secondary N) is 1. The predicted octanol–water partition coefficient (Wildman–Crippen LogP) is 0.384. The van der Waals surface area contributed by atoms with Crippen LogP contribution >= 0.6 is 0 Å². The van der Waals surface area contributed by atoms with Crippen LogP contribution in [0.1, 0.15) is 19.8 Å². The van der Waals surface area contributed by atoms with Crippen molar-refractivity contribution in [1.29, 1.82) is 0 Å². The maximum Gasteiger partial charge on any atom is 0.253 e. The maximum atomic E-state index is 11.4. The zero-order valence-corrected chi connectivity index (χ0v) is 9.81. The fraction of sp³-hybridized carbons (Fsp3) is 0.417. The summed E-state index contributed by atoms with van der Waals surface area (Å²) < 4.78 is 0. The van der Waals surface area contributed by atoms with Crippen molar-refractivity contribution < 1.29 is 14.4 Å². The van der Waals surface area contributed by atoms with Crippen molar-refractivity contribution in [2.45, 2.75) is 19.8 Å². The lowest BCUT2D eigenvalue weighted by Crippen LogP contribution is -2.34. The molecule has 0 radical (unpaired) electrons. The smallest absolute Gasteiger partial charge is 0.253 e. The Morgan fingerprint density at radius 2 is 1.94 bits per heavy atom. The number of imide groups is 1. The lowest BCUT2D eigenvalue weighted by atomic mass is 10.3. The van der Waals surface area contributed by atoms with Gasteiger partial charge in [0, 0.05) is 31.7 Å². The molecule has 1 aliphatic rings. The first-order valence-corrected chi connectivity index (χ1v) is 5.60. The number of carbonyl (C=O) groups excluding carboxylic acids is 3. The highest BCUT2D eigenvalue weighted by atomic mass is 16.2. The van der Waals surface area contributed by atoms with Gasteiger partial charge in [-0.2, -0.15) is 0 Å². The minimum Gasteiger partial charge on any atom is -0.353 e. The average molecular weight is 236 g/mol. The van der Waals surface area contributed by atoms with Gasteiger partial charge in [-0.05, 0) is 6.42 Å². The number of rotatable bonds is 6. The summed E-state index contributed by atoms with van der Waals surface area (Å²) in [4.78, 5) is 34.8. The maximum absolute atomic E-state index is 11.4. The van der Waals surface area contributed by atoms with E-state index in [-0.39, 0.29) is 30.7 Å². The monoisotopic (exact) mass is 236 g/mol. The first kappa shape index (κ1) is 13.2. The predicted molar refractivity (Wildman–Crippen MR) is 62.9 cm³/mol. The average Bonchev–Trinajstić information content (AvgIpc) is 2.62. The largest absolute Gasteiger partial charge is 0.353 e. The third-order valence-corrected chi connectivity index (χ3v) is 2.28. The normalized spacial score (nSPS) is 15.0. The summed E-state index contributed by atoms with van der Waals surface area (Å²) in [5.41, 5.74) is 0. The summed E-state index contributed by atoms with van der Waals surface area (Å²) in [5.74, 6) is -0.874. The Bertz CT molecular complexity index is 354. The number of allylic oxidation sites excluding steroid dienone is 1. The molecular formula is C12H16N2O3. The Morgan fingerprint density at radius 1 is 1.29 bits per heavy atom. The minimum atomic E-state index is -0.353. The van der Waals surface area contributed by atoms with Crippen LogP contribution < -0.4 is 5.32 Å². The van der Waals surface area contributed by atoms with Crippen molar-refractivity contribution in [1.82, 2.24) is 10.2 Å². The molecule has 1 rings (SSSR count). The van der Waals surface area contributed by atoms with Gasteiger partial charge in [0.05, 0.1) is 0 Å². The molecule has 0 bridgehead atoms. The fourth-order valence-corrected chi connectivity index (χ4v) is 1.38. The number of amides is 3. The summed E-state index contributed by atoms with van der Waals surface area (Å²) in [7, 11) is 0. The second kappa shape index (κ2) is 6.62. The van der Waals surface area contributed by atoms with E-state index in [9.17, 15) is 14.4 Å². The molecular weight excluding hydrogens is 220 g/mol. The Morgan fingerprint density at radius 3 is 2.53 bits per heavy atom. The van der Waals surface area contributed by atoms with E-state index in [2.05, 4.69) is 5.32 Å². The highest BCUT2D eigenvalue weighted by Crippen LogP contribution is 2.03. The van der Waals surface area contributed by atoms with Gasteiger partial charge in [0.2, 0.25) is 5.91 Å². The van der Waals surface area contributed by atoms with Gasteiger partial charge in [-0.15, -0.1) is 0 Å². The van der Waals surface area contributed by atoms with Crippen LogP contribution in [0.2, 0.25) is 0 Å². The molecule has 0 aliphatic carbocycles. The van der Waals surface area contributed by atoms with Crippen LogP contribution in [-0.4, -0.2) is 35.7 Å². The molecule has 0 fully saturated rings. The molecule has 3 amide bonds. The van der Waals surface area contributed by atoms with Gasteiger partial charge >= 0.3 is 0 Å². The molecule has 5 heteroatoms. The van der Waals surface area contributed by atoms with E-state index in [0.717, 1.165) is 11.3 Å². The Kier molecular flexibility index (Phi) is 5.13. The van der Waals surface area contributed by atoms with E-state index in [1.165, 1.54) is 12.2 Å². The Balaban J connectivity index is 2.22. The molecule has 0 unspecified atom stereocenters.